The van der Waals surface area contributed by atoms with E-state index in [2.05, 4.69) is 10.6 Å². The summed E-state index contributed by atoms with van der Waals surface area (Å²) in [7, 11) is 0. The molecule has 4 aliphatic carbocycles. The van der Waals surface area contributed by atoms with Crippen LogP contribution in [-0.2, 0) is 11.3 Å². The molecule has 5 rings (SSSR count). The van der Waals surface area contributed by atoms with Crippen molar-refractivity contribution in [1.29, 1.82) is 0 Å². The van der Waals surface area contributed by atoms with Crippen LogP contribution in [0.3, 0.4) is 0 Å². The van der Waals surface area contributed by atoms with Crippen LogP contribution in [0.4, 0.5) is 4.79 Å². The van der Waals surface area contributed by atoms with Gasteiger partial charge < -0.3 is 10.6 Å². The van der Waals surface area contributed by atoms with Crippen LogP contribution >= 0.6 is 0 Å². The lowest BCUT2D eigenvalue weighted by atomic mass is 9.53. The number of amides is 2. The van der Waals surface area contributed by atoms with Gasteiger partial charge in [-0.25, -0.2) is 9.00 Å². The Labute approximate surface area is 140 Å². The Bertz CT molecular complexity index is 478. The van der Waals surface area contributed by atoms with E-state index in [-0.39, 0.29) is 17.6 Å². The molecule has 0 radical (unpaired) electrons. The van der Waals surface area contributed by atoms with Crippen molar-refractivity contribution in [2.24, 2.45) is 17.8 Å². The molecule has 3 N–H and O–H groups in total. The van der Waals surface area contributed by atoms with Gasteiger partial charge in [-0.15, -0.1) is 0 Å². The fourth-order valence-electron chi connectivity index (χ4n) is 5.93. The Morgan fingerprint density at radius 2 is 1.74 bits per heavy atom. The topological polar surface area (TPSA) is 81.7 Å². The van der Waals surface area contributed by atoms with E-state index in [9.17, 15) is 13.6 Å². The zero-order chi connectivity index (χ0) is 16.0. The molecule has 2 amide bonds. The smallest absolute Gasteiger partial charge is 0.315 e. The lowest BCUT2D eigenvalue weighted by molar-refractivity contribution is -0.0137. The van der Waals surface area contributed by atoms with Gasteiger partial charge in [0.1, 0.15) is 0 Å². The number of rotatable bonds is 3. The summed E-state index contributed by atoms with van der Waals surface area (Å²) in [5, 5.41) is 6.35. The van der Waals surface area contributed by atoms with Crippen molar-refractivity contribution in [2.75, 3.05) is 13.1 Å². The van der Waals surface area contributed by atoms with E-state index < -0.39 is 11.3 Å². The number of carbonyl (C=O) groups is 1. The van der Waals surface area contributed by atoms with Crippen LogP contribution in [0.25, 0.3) is 0 Å². The van der Waals surface area contributed by atoms with E-state index in [0.717, 1.165) is 49.9 Å². The van der Waals surface area contributed by atoms with Crippen molar-refractivity contribution in [3.8, 4) is 0 Å². The van der Waals surface area contributed by atoms with Crippen molar-refractivity contribution in [3.63, 3.8) is 0 Å². The van der Waals surface area contributed by atoms with Crippen LogP contribution in [0.2, 0.25) is 0 Å². The van der Waals surface area contributed by atoms with Gasteiger partial charge in [-0.2, -0.15) is 4.31 Å². The molecule has 2 unspecified atom stereocenters. The van der Waals surface area contributed by atoms with Crippen LogP contribution in [-0.4, -0.2) is 43.8 Å². The number of nitrogens with zero attached hydrogens (tertiary/aromatic N) is 1. The predicted octanol–water partition coefficient (Wildman–Crippen LogP) is 1.86. The molecule has 0 spiro atoms. The maximum atomic E-state index is 12.5. The Balaban J connectivity index is 1.34. The summed E-state index contributed by atoms with van der Waals surface area (Å²) in [6.07, 6.45) is 9.24. The Hall–Kier alpha value is -0.660. The van der Waals surface area contributed by atoms with Gasteiger partial charge in [0, 0.05) is 24.7 Å². The molecule has 2 atom stereocenters. The van der Waals surface area contributed by atoms with E-state index in [4.69, 9.17) is 0 Å². The van der Waals surface area contributed by atoms with Crippen molar-refractivity contribution >= 4 is 17.3 Å². The van der Waals surface area contributed by atoms with Crippen molar-refractivity contribution in [2.45, 2.75) is 62.9 Å². The number of hydrogen-bond acceptors (Lipinski definition) is 2. The molecule has 4 saturated carbocycles. The molecule has 5 fully saturated rings. The number of nitrogens with one attached hydrogen (secondary N) is 2. The van der Waals surface area contributed by atoms with E-state index in [1.165, 1.54) is 23.6 Å². The number of carbonyl (C=O) groups excluding carboxylic acids is 1. The minimum atomic E-state index is -1.94. The third-order valence-corrected chi connectivity index (χ3v) is 7.13. The van der Waals surface area contributed by atoms with Gasteiger partial charge in [-0.1, -0.05) is 0 Å². The highest BCUT2D eigenvalue weighted by atomic mass is 32.2. The van der Waals surface area contributed by atoms with Crippen molar-refractivity contribution in [3.05, 3.63) is 0 Å². The summed E-state index contributed by atoms with van der Waals surface area (Å²) in [6.45, 7) is 1.08. The highest BCUT2D eigenvalue weighted by molar-refractivity contribution is 7.76. The van der Waals surface area contributed by atoms with Gasteiger partial charge in [-0.05, 0) is 69.1 Å². The van der Waals surface area contributed by atoms with Crippen LogP contribution < -0.4 is 10.6 Å². The molecule has 1 saturated heterocycles. The van der Waals surface area contributed by atoms with E-state index in [1.807, 2.05) is 0 Å². The quantitative estimate of drug-likeness (QED) is 0.685. The van der Waals surface area contributed by atoms with Gasteiger partial charge in [0.2, 0.25) is 11.3 Å². The first-order chi connectivity index (χ1) is 11.0. The fourth-order valence-corrected chi connectivity index (χ4v) is 6.52. The van der Waals surface area contributed by atoms with Crippen LogP contribution in [0.15, 0.2) is 0 Å². The fraction of sp³-hybridized carbons (Fsp3) is 0.938. The summed E-state index contributed by atoms with van der Waals surface area (Å²) < 4.78 is 21.9. The van der Waals surface area contributed by atoms with Crippen LogP contribution in [0, 0.1) is 17.8 Å². The molecule has 1 aliphatic heterocycles. The lowest BCUT2D eigenvalue weighted by Crippen LogP contribution is -2.62. The minimum Gasteiger partial charge on any atom is -0.334 e. The van der Waals surface area contributed by atoms with Gasteiger partial charge in [0.25, 0.3) is 0 Å². The summed E-state index contributed by atoms with van der Waals surface area (Å²) in [5.74, 6) is 2.43. The normalized spacial score (nSPS) is 44.0. The molecular weight excluding hydrogens is 314 g/mol. The third kappa shape index (κ3) is 3.28. The first-order valence-corrected chi connectivity index (χ1v) is 10.0. The molecule has 7 heteroatoms. The molecular formula is C16H27N3O3S. The molecule has 23 heavy (non-hydrogen) atoms. The van der Waals surface area contributed by atoms with E-state index in [0.29, 0.717) is 13.1 Å². The predicted molar refractivity (Wildman–Crippen MR) is 87.9 cm³/mol. The molecule has 5 aliphatic rings. The second-order valence-corrected chi connectivity index (χ2v) is 9.23. The second-order valence-electron chi connectivity index (χ2n) is 8.25. The Morgan fingerprint density at radius 1 is 1.13 bits per heavy atom. The van der Waals surface area contributed by atoms with Gasteiger partial charge in [0.05, 0.1) is 0 Å². The summed E-state index contributed by atoms with van der Waals surface area (Å²) in [6, 6.07) is -0.115. The van der Waals surface area contributed by atoms with Crippen LogP contribution in [0.1, 0.15) is 51.4 Å². The van der Waals surface area contributed by atoms with Gasteiger partial charge in [0.15, 0.2) is 0 Å². The van der Waals surface area contributed by atoms with E-state index in [1.54, 1.807) is 0 Å². The molecule has 0 aromatic rings. The zero-order valence-electron chi connectivity index (χ0n) is 13.5. The largest absolute Gasteiger partial charge is 0.334 e. The van der Waals surface area contributed by atoms with Crippen molar-refractivity contribution in [1.82, 2.24) is 14.9 Å². The van der Waals surface area contributed by atoms with Gasteiger partial charge >= 0.3 is 6.03 Å². The Morgan fingerprint density at radius 3 is 2.30 bits per heavy atom. The summed E-state index contributed by atoms with van der Waals surface area (Å²) >= 11 is -1.94. The maximum absolute atomic E-state index is 12.5. The molecule has 6 nitrogen and oxygen atoms in total. The highest BCUT2D eigenvalue weighted by Crippen LogP contribution is 2.55. The average molecular weight is 341 g/mol. The van der Waals surface area contributed by atoms with E-state index >= 15 is 0 Å². The van der Waals surface area contributed by atoms with Crippen LogP contribution in [0.5, 0.6) is 0 Å². The van der Waals surface area contributed by atoms with Crippen molar-refractivity contribution < 1.29 is 13.6 Å². The Kier molecular flexibility index (Phi) is 4.14. The number of piperidine rings is 1. The maximum Gasteiger partial charge on any atom is 0.315 e. The standard InChI is InChI=1S/C16H27N3O3S/c20-15(17-14-2-1-3-19(10-14)23(21)22)18-16-7-11-4-12(8-16)6-13(5-11)9-16/h11-14H,1-10H2,(H,21,22)(H2,17,18,20). The summed E-state index contributed by atoms with van der Waals surface area (Å²) in [4.78, 5) is 12.5. The second kappa shape index (κ2) is 6.01. The first-order valence-electron chi connectivity index (χ1n) is 8.96. The summed E-state index contributed by atoms with van der Waals surface area (Å²) in [5.41, 5.74) is 0.0208. The molecule has 130 valence electrons. The molecule has 0 aromatic carbocycles. The minimum absolute atomic E-state index is 0.0208. The number of hydrogen-bond donors (Lipinski definition) is 3. The molecule has 4 bridgehead atoms. The molecule has 1 heterocycles. The average Bonchev–Trinajstić information content (AvgIpc) is 2.45. The third-order valence-electron chi connectivity index (χ3n) is 6.36. The zero-order valence-corrected chi connectivity index (χ0v) is 14.3. The first kappa shape index (κ1) is 15.8. The lowest BCUT2D eigenvalue weighted by Gasteiger charge is -2.56. The SMILES string of the molecule is O=C(NC1CCCN(S(=O)O)C1)NC12CC3CC(CC(C3)C1)C2. The number of urea groups is 1. The monoisotopic (exact) mass is 341 g/mol. The highest BCUT2D eigenvalue weighted by Gasteiger charge is 2.51. The molecule has 0 aromatic heterocycles. The van der Waals surface area contributed by atoms with Gasteiger partial charge in [-0.3, -0.25) is 4.55 Å².